The highest BCUT2D eigenvalue weighted by Crippen LogP contribution is 2.28. The van der Waals surface area contributed by atoms with Crippen LogP contribution in [0, 0.1) is 0 Å². The molecule has 78 valence electrons. The van der Waals surface area contributed by atoms with E-state index in [9.17, 15) is 0 Å². The summed E-state index contributed by atoms with van der Waals surface area (Å²) in [5.41, 5.74) is 7.51. The second-order valence-electron chi connectivity index (χ2n) is 3.38. The van der Waals surface area contributed by atoms with Gasteiger partial charge >= 0.3 is 0 Å². The van der Waals surface area contributed by atoms with Gasteiger partial charge in [0.15, 0.2) is 5.76 Å². The van der Waals surface area contributed by atoms with Crippen LogP contribution >= 0.6 is 15.9 Å². The summed E-state index contributed by atoms with van der Waals surface area (Å²) in [5.74, 6) is 0.695. The Labute approximate surface area is 96.4 Å². The lowest BCUT2D eigenvalue weighted by molar-refractivity contribution is 0.369. The van der Waals surface area contributed by atoms with E-state index in [0.29, 0.717) is 5.76 Å². The van der Waals surface area contributed by atoms with Gasteiger partial charge in [-0.2, -0.15) is 0 Å². The number of hydrogen-bond acceptors (Lipinski definition) is 3. The van der Waals surface area contributed by atoms with Gasteiger partial charge in [-0.1, -0.05) is 39.3 Å². The van der Waals surface area contributed by atoms with E-state index in [2.05, 4.69) is 21.1 Å². The summed E-state index contributed by atoms with van der Waals surface area (Å²) in [4.78, 5) is 0. The van der Waals surface area contributed by atoms with Gasteiger partial charge in [0.25, 0.3) is 0 Å². The molecule has 0 aliphatic rings. The first-order valence-corrected chi connectivity index (χ1v) is 5.45. The van der Waals surface area contributed by atoms with Crippen LogP contribution in [0.1, 0.15) is 18.7 Å². The highest BCUT2D eigenvalue weighted by molar-refractivity contribution is 9.10. The van der Waals surface area contributed by atoms with Gasteiger partial charge < -0.3 is 10.3 Å². The third-order valence-corrected chi connectivity index (χ3v) is 2.82. The fraction of sp³-hybridized carbons (Fsp3) is 0.182. The summed E-state index contributed by atoms with van der Waals surface area (Å²) in [6.45, 7) is 1.87. The zero-order chi connectivity index (χ0) is 10.8. The Morgan fingerprint density at radius 2 is 2.13 bits per heavy atom. The highest BCUT2D eigenvalue weighted by Gasteiger charge is 2.11. The Bertz CT molecular complexity index is 465. The van der Waals surface area contributed by atoms with Crippen LogP contribution in [0.15, 0.2) is 39.3 Å². The van der Waals surface area contributed by atoms with Gasteiger partial charge in [-0.15, -0.1) is 0 Å². The van der Waals surface area contributed by atoms with Crippen molar-refractivity contribution in [1.82, 2.24) is 5.16 Å². The number of halogens is 1. The number of aromatic nitrogens is 1. The van der Waals surface area contributed by atoms with E-state index in [1.165, 1.54) is 0 Å². The molecule has 15 heavy (non-hydrogen) atoms. The molecule has 0 spiro atoms. The number of benzene rings is 1. The first-order valence-electron chi connectivity index (χ1n) is 4.65. The molecule has 0 aliphatic carbocycles. The zero-order valence-electron chi connectivity index (χ0n) is 8.27. The standard InChI is InChI=1S/C11H11BrN2O/c1-7(13)11-6-10(14-15-11)8-4-2-3-5-9(8)12/h2-7H,13H2,1H3. The molecule has 0 amide bonds. The van der Waals surface area contributed by atoms with E-state index >= 15 is 0 Å². The fourth-order valence-electron chi connectivity index (χ4n) is 1.30. The smallest absolute Gasteiger partial charge is 0.153 e. The van der Waals surface area contributed by atoms with Crippen LogP contribution in [0.4, 0.5) is 0 Å². The molecule has 0 saturated heterocycles. The Balaban J connectivity index is 2.42. The minimum Gasteiger partial charge on any atom is -0.359 e. The summed E-state index contributed by atoms with van der Waals surface area (Å²) in [6, 6.07) is 9.60. The van der Waals surface area contributed by atoms with Crippen LogP contribution in [0.3, 0.4) is 0 Å². The Morgan fingerprint density at radius 3 is 2.73 bits per heavy atom. The van der Waals surface area contributed by atoms with Crippen LogP contribution in [0.2, 0.25) is 0 Å². The number of nitrogens with two attached hydrogens (primary N) is 1. The SMILES string of the molecule is CC(N)c1cc(-c2ccccc2Br)no1. The maximum Gasteiger partial charge on any atom is 0.153 e. The summed E-state index contributed by atoms with van der Waals surface area (Å²) >= 11 is 3.47. The Kier molecular flexibility index (Phi) is 2.88. The quantitative estimate of drug-likeness (QED) is 0.909. The van der Waals surface area contributed by atoms with Gasteiger partial charge in [-0.3, -0.25) is 0 Å². The van der Waals surface area contributed by atoms with Gasteiger partial charge in [0.2, 0.25) is 0 Å². The third kappa shape index (κ3) is 2.11. The van der Waals surface area contributed by atoms with E-state index in [1.54, 1.807) is 0 Å². The minimum absolute atomic E-state index is 0.131. The average Bonchev–Trinajstić information content (AvgIpc) is 2.67. The van der Waals surface area contributed by atoms with Crippen molar-refractivity contribution in [2.75, 3.05) is 0 Å². The molecule has 1 heterocycles. The molecular formula is C11H11BrN2O. The second kappa shape index (κ2) is 4.16. The van der Waals surface area contributed by atoms with E-state index in [1.807, 2.05) is 37.3 Å². The monoisotopic (exact) mass is 266 g/mol. The molecule has 1 unspecified atom stereocenters. The molecule has 0 aliphatic heterocycles. The summed E-state index contributed by atoms with van der Waals surface area (Å²) in [5, 5.41) is 3.98. The van der Waals surface area contributed by atoms with Crippen molar-refractivity contribution in [2.24, 2.45) is 5.73 Å². The lowest BCUT2D eigenvalue weighted by Crippen LogP contribution is -2.02. The number of rotatable bonds is 2. The van der Waals surface area contributed by atoms with Gasteiger partial charge in [0, 0.05) is 16.1 Å². The van der Waals surface area contributed by atoms with E-state index < -0.39 is 0 Å². The molecule has 1 aromatic heterocycles. The van der Waals surface area contributed by atoms with E-state index in [0.717, 1.165) is 15.7 Å². The molecule has 3 nitrogen and oxygen atoms in total. The van der Waals surface area contributed by atoms with Crippen molar-refractivity contribution in [3.8, 4) is 11.3 Å². The molecule has 1 atom stereocenters. The molecule has 2 N–H and O–H groups in total. The molecule has 0 fully saturated rings. The fourth-order valence-corrected chi connectivity index (χ4v) is 1.79. The van der Waals surface area contributed by atoms with Gasteiger partial charge in [-0.05, 0) is 13.0 Å². The molecule has 0 radical (unpaired) electrons. The first kappa shape index (κ1) is 10.4. The molecule has 1 aromatic carbocycles. The lowest BCUT2D eigenvalue weighted by atomic mass is 10.1. The predicted octanol–water partition coefficient (Wildman–Crippen LogP) is 3.12. The third-order valence-electron chi connectivity index (χ3n) is 2.13. The van der Waals surface area contributed by atoms with Crippen molar-refractivity contribution < 1.29 is 4.52 Å². The minimum atomic E-state index is -0.131. The highest BCUT2D eigenvalue weighted by atomic mass is 79.9. The van der Waals surface area contributed by atoms with Crippen LogP contribution < -0.4 is 5.73 Å². The molecule has 4 heteroatoms. The van der Waals surface area contributed by atoms with Crippen molar-refractivity contribution in [2.45, 2.75) is 13.0 Å². The van der Waals surface area contributed by atoms with E-state index in [4.69, 9.17) is 10.3 Å². The molecule has 0 saturated carbocycles. The predicted molar refractivity (Wildman–Crippen MR) is 62.2 cm³/mol. The van der Waals surface area contributed by atoms with Gasteiger partial charge in [0.1, 0.15) is 5.69 Å². The number of nitrogens with zero attached hydrogens (tertiary/aromatic N) is 1. The average molecular weight is 267 g/mol. The van der Waals surface area contributed by atoms with Crippen molar-refractivity contribution in [3.05, 3.63) is 40.6 Å². The lowest BCUT2D eigenvalue weighted by Gasteiger charge is -1.97. The van der Waals surface area contributed by atoms with Crippen molar-refractivity contribution in [3.63, 3.8) is 0 Å². The largest absolute Gasteiger partial charge is 0.359 e. The van der Waals surface area contributed by atoms with Crippen LogP contribution in [0.25, 0.3) is 11.3 Å². The molecule has 2 aromatic rings. The van der Waals surface area contributed by atoms with Crippen LogP contribution in [-0.4, -0.2) is 5.16 Å². The van der Waals surface area contributed by atoms with Crippen LogP contribution in [0.5, 0.6) is 0 Å². The summed E-state index contributed by atoms with van der Waals surface area (Å²) < 4.78 is 6.13. The van der Waals surface area contributed by atoms with Gasteiger partial charge in [0.05, 0.1) is 6.04 Å². The first-order chi connectivity index (χ1) is 7.18. The molecular weight excluding hydrogens is 256 g/mol. The van der Waals surface area contributed by atoms with E-state index in [-0.39, 0.29) is 6.04 Å². The van der Waals surface area contributed by atoms with Gasteiger partial charge in [-0.25, -0.2) is 0 Å². The topological polar surface area (TPSA) is 52.0 Å². The maximum absolute atomic E-state index is 5.70. The number of hydrogen-bond donors (Lipinski definition) is 1. The van der Waals surface area contributed by atoms with Crippen molar-refractivity contribution in [1.29, 1.82) is 0 Å². The Hall–Kier alpha value is -1.13. The second-order valence-corrected chi connectivity index (χ2v) is 4.24. The molecule has 2 rings (SSSR count). The maximum atomic E-state index is 5.70. The molecule has 0 bridgehead atoms. The zero-order valence-corrected chi connectivity index (χ0v) is 9.86. The summed E-state index contributed by atoms with van der Waals surface area (Å²) in [7, 11) is 0. The normalized spacial score (nSPS) is 12.7. The summed E-state index contributed by atoms with van der Waals surface area (Å²) in [6.07, 6.45) is 0. The Morgan fingerprint density at radius 1 is 1.40 bits per heavy atom. The van der Waals surface area contributed by atoms with Crippen LogP contribution in [-0.2, 0) is 0 Å². The van der Waals surface area contributed by atoms with Crippen molar-refractivity contribution >= 4 is 15.9 Å².